The van der Waals surface area contributed by atoms with Crippen molar-refractivity contribution in [1.29, 1.82) is 0 Å². The lowest BCUT2D eigenvalue weighted by Gasteiger charge is -2.10. The number of nitrogens with one attached hydrogen (secondary N) is 2. The number of fused-ring (bicyclic) bond motifs is 1. The van der Waals surface area contributed by atoms with Gasteiger partial charge in [0.2, 0.25) is 0 Å². The summed E-state index contributed by atoms with van der Waals surface area (Å²) in [5, 5.41) is 16.1. The zero-order valence-corrected chi connectivity index (χ0v) is 16.0. The standard InChI is InChI=1S/C17H20F3N7S/c1-2-21-16(23-9-7-15-24-12(11-28-15)17(18,19)20)22-8-6-14-26-25-13-5-3-4-10-27(13)14/h3-5,10-11H,2,6-9H2,1H3,(H2,21,22,23). The number of pyridine rings is 1. The molecular weight excluding hydrogens is 391 g/mol. The highest BCUT2D eigenvalue weighted by Gasteiger charge is 2.33. The smallest absolute Gasteiger partial charge is 0.357 e. The molecule has 0 amide bonds. The van der Waals surface area contributed by atoms with Crippen LogP contribution in [0, 0.1) is 0 Å². The topological polar surface area (TPSA) is 79.5 Å². The summed E-state index contributed by atoms with van der Waals surface area (Å²) in [4.78, 5) is 8.01. The van der Waals surface area contributed by atoms with E-state index in [1.165, 1.54) is 0 Å². The lowest BCUT2D eigenvalue weighted by molar-refractivity contribution is -0.140. The summed E-state index contributed by atoms with van der Waals surface area (Å²) < 4.78 is 39.7. The Morgan fingerprint density at radius 2 is 2.07 bits per heavy atom. The first-order valence-electron chi connectivity index (χ1n) is 8.80. The van der Waals surface area contributed by atoms with Crippen molar-refractivity contribution < 1.29 is 13.2 Å². The van der Waals surface area contributed by atoms with E-state index in [1.807, 2.05) is 35.7 Å². The van der Waals surface area contributed by atoms with E-state index >= 15 is 0 Å². The average Bonchev–Trinajstić information content (AvgIpc) is 3.29. The summed E-state index contributed by atoms with van der Waals surface area (Å²) in [5.41, 5.74) is -0.0539. The van der Waals surface area contributed by atoms with E-state index in [0.717, 1.165) is 28.2 Å². The molecule has 150 valence electrons. The molecule has 0 bridgehead atoms. The van der Waals surface area contributed by atoms with Crippen LogP contribution in [0.25, 0.3) is 5.65 Å². The molecule has 0 aliphatic heterocycles. The van der Waals surface area contributed by atoms with Gasteiger partial charge in [0.25, 0.3) is 0 Å². The number of hydrogen-bond donors (Lipinski definition) is 2. The van der Waals surface area contributed by atoms with Gasteiger partial charge in [-0.2, -0.15) is 13.2 Å². The summed E-state index contributed by atoms with van der Waals surface area (Å²) in [7, 11) is 0. The van der Waals surface area contributed by atoms with E-state index < -0.39 is 11.9 Å². The zero-order valence-electron chi connectivity index (χ0n) is 15.2. The number of guanidine groups is 1. The van der Waals surface area contributed by atoms with Crippen molar-refractivity contribution in [3.8, 4) is 0 Å². The number of halogens is 3. The Kier molecular flexibility index (Phi) is 6.45. The number of aliphatic imine (C=N–C) groups is 1. The Bertz CT molecular complexity index is 932. The first kappa shape index (κ1) is 20.1. The molecule has 7 nitrogen and oxygen atoms in total. The first-order valence-corrected chi connectivity index (χ1v) is 9.67. The van der Waals surface area contributed by atoms with Crippen molar-refractivity contribution in [2.45, 2.75) is 25.9 Å². The summed E-state index contributed by atoms with van der Waals surface area (Å²) in [6.45, 7) is 3.56. The van der Waals surface area contributed by atoms with Gasteiger partial charge >= 0.3 is 6.18 Å². The second-order valence-corrected chi connectivity index (χ2v) is 6.80. The van der Waals surface area contributed by atoms with Gasteiger partial charge in [0.15, 0.2) is 17.3 Å². The molecule has 2 N–H and O–H groups in total. The van der Waals surface area contributed by atoms with Gasteiger partial charge in [-0.3, -0.25) is 9.39 Å². The molecule has 0 saturated heterocycles. The van der Waals surface area contributed by atoms with Crippen molar-refractivity contribution in [2.24, 2.45) is 4.99 Å². The van der Waals surface area contributed by atoms with Crippen LogP contribution in [-0.4, -0.2) is 45.2 Å². The van der Waals surface area contributed by atoms with Crippen LogP contribution in [0.3, 0.4) is 0 Å². The SMILES string of the molecule is CCNC(=NCCc1nc(C(F)(F)F)cs1)NCCc1nnc2ccccn12. The molecule has 0 aromatic carbocycles. The molecular formula is C17H20F3N7S. The highest BCUT2D eigenvalue weighted by molar-refractivity contribution is 7.09. The molecule has 3 rings (SSSR count). The third-order valence-electron chi connectivity index (χ3n) is 3.81. The predicted octanol–water partition coefficient (Wildman–Crippen LogP) is 2.54. The first-order chi connectivity index (χ1) is 13.5. The van der Waals surface area contributed by atoms with Crippen LogP contribution in [0.4, 0.5) is 13.2 Å². The highest BCUT2D eigenvalue weighted by atomic mass is 32.1. The third-order valence-corrected chi connectivity index (χ3v) is 4.72. The quantitative estimate of drug-likeness (QED) is 0.461. The van der Waals surface area contributed by atoms with Crippen molar-refractivity contribution in [3.05, 3.63) is 46.3 Å². The monoisotopic (exact) mass is 411 g/mol. The fraction of sp³-hybridized carbons (Fsp3) is 0.412. The Labute approximate surface area is 163 Å². The minimum Gasteiger partial charge on any atom is -0.357 e. The third kappa shape index (κ3) is 5.18. The Morgan fingerprint density at radius 1 is 1.21 bits per heavy atom. The molecule has 0 fully saturated rings. The average molecular weight is 411 g/mol. The maximum atomic E-state index is 12.6. The summed E-state index contributed by atoms with van der Waals surface area (Å²) in [6, 6.07) is 5.71. The normalized spacial score (nSPS) is 12.5. The lowest BCUT2D eigenvalue weighted by Crippen LogP contribution is -2.38. The lowest BCUT2D eigenvalue weighted by atomic mass is 10.4. The zero-order chi connectivity index (χ0) is 20.0. The number of aromatic nitrogens is 4. The molecule has 3 aromatic heterocycles. The second kappa shape index (κ2) is 9.00. The van der Waals surface area contributed by atoms with Gasteiger partial charge in [-0.15, -0.1) is 21.5 Å². The second-order valence-electron chi connectivity index (χ2n) is 5.86. The van der Waals surface area contributed by atoms with Crippen LogP contribution >= 0.6 is 11.3 Å². The maximum Gasteiger partial charge on any atom is 0.434 e. The number of alkyl halides is 3. The van der Waals surface area contributed by atoms with Crippen molar-refractivity contribution in [1.82, 2.24) is 30.2 Å². The molecule has 0 saturated carbocycles. The van der Waals surface area contributed by atoms with Gasteiger partial charge in [-0.1, -0.05) is 6.07 Å². The van der Waals surface area contributed by atoms with E-state index in [-0.39, 0.29) is 0 Å². The largest absolute Gasteiger partial charge is 0.434 e. The van der Waals surface area contributed by atoms with Crippen molar-refractivity contribution >= 4 is 22.9 Å². The van der Waals surface area contributed by atoms with Crippen LogP contribution in [0.2, 0.25) is 0 Å². The van der Waals surface area contributed by atoms with E-state index in [2.05, 4.69) is 30.8 Å². The van der Waals surface area contributed by atoms with Crippen molar-refractivity contribution in [3.63, 3.8) is 0 Å². The maximum absolute atomic E-state index is 12.6. The van der Waals surface area contributed by atoms with Crippen LogP contribution in [0.5, 0.6) is 0 Å². The van der Waals surface area contributed by atoms with Gasteiger partial charge in [-0.25, -0.2) is 4.98 Å². The summed E-state index contributed by atoms with van der Waals surface area (Å²) >= 11 is 1.000. The summed E-state index contributed by atoms with van der Waals surface area (Å²) in [6.07, 6.45) is -1.49. The van der Waals surface area contributed by atoms with E-state index in [4.69, 9.17) is 0 Å². The van der Waals surface area contributed by atoms with Crippen LogP contribution < -0.4 is 10.6 Å². The van der Waals surface area contributed by atoms with Gasteiger partial charge in [0.1, 0.15) is 5.82 Å². The molecule has 3 aromatic rings. The minimum absolute atomic E-state index is 0.341. The van der Waals surface area contributed by atoms with Gasteiger partial charge in [-0.05, 0) is 19.1 Å². The van der Waals surface area contributed by atoms with Gasteiger partial charge < -0.3 is 10.6 Å². The van der Waals surface area contributed by atoms with E-state index in [9.17, 15) is 13.2 Å². The molecule has 11 heteroatoms. The Hall–Kier alpha value is -2.69. The van der Waals surface area contributed by atoms with Crippen molar-refractivity contribution in [2.75, 3.05) is 19.6 Å². The number of rotatable bonds is 7. The summed E-state index contributed by atoms with van der Waals surface area (Å²) in [5.74, 6) is 1.44. The van der Waals surface area contributed by atoms with Crippen LogP contribution in [0.1, 0.15) is 23.4 Å². The molecule has 28 heavy (non-hydrogen) atoms. The molecule has 0 aliphatic carbocycles. The molecule has 0 spiro atoms. The number of hydrogen-bond acceptors (Lipinski definition) is 5. The fourth-order valence-electron chi connectivity index (χ4n) is 2.52. The van der Waals surface area contributed by atoms with E-state index in [1.54, 1.807) is 0 Å². The van der Waals surface area contributed by atoms with Gasteiger partial charge in [0.05, 0.1) is 5.01 Å². The van der Waals surface area contributed by atoms with Crippen LogP contribution in [0.15, 0.2) is 34.8 Å². The molecule has 0 unspecified atom stereocenters. The minimum atomic E-state index is -4.40. The molecule has 0 aliphatic rings. The highest BCUT2D eigenvalue weighted by Crippen LogP contribution is 2.30. The van der Waals surface area contributed by atoms with E-state index in [0.29, 0.717) is 43.4 Å². The number of nitrogens with zero attached hydrogens (tertiary/aromatic N) is 5. The Morgan fingerprint density at radius 3 is 2.82 bits per heavy atom. The number of thiazole rings is 1. The fourth-order valence-corrected chi connectivity index (χ4v) is 3.31. The predicted molar refractivity (Wildman–Crippen MR) is 101 cm³/mol. The van der Waals surface area contributed by atoms with Crippen LogP contribution in [-0.2, 0) is 19.0 Å². The molecule has 0 atom stereocenters. The molecule has 3 heterocycles. The Balaban J connectivity index is 1.52. The van der Waals surface area contributed by atoms with Gasteiger partial charge in [0, 0.05) is 44.1 Å². The molecule has 0 radical (unpaired) electrons.